The van der Waals surface area contributed by atoms with Gasteiger partial charge in [-0.3, -0.25) is 14.4 Å². The van der Waals surface area contributed by atoms with Crippen LogP contribution in [0.15, 0.2) is 18.3 Å². The Balaban J connectivity index is 1.62. The van der Waals surface area contributed by atoms with Gasteiger partial charge in [-0.2, -0.15) is 0 Å². The molecule has 134 valence electrons. The van der Waals surface area contributed by atoms with Crippen molar-refractivity contribution in [3.05, 3.63) is 23.9 Å². The summed E-state index contributed by atoms with van der Waals surface area (Å²) in [4.78, 5) is 45.8. The van der Waals surface area contributed by atoms with Crippen molar-refractivity contribution in [3.63, 3.8) is 0 Å². The summed E-state index contributed by atoms with van der Waals surface area (Å²) in [5.74, 6) is -0.0877. The molecule has 2 saturated heterocycles. The van der Waals surface area contributed by atoms with Crippen LogP contribution in [-0.4, -0.2) is 71.8 Å². The van der Waals surface area contributed by atoms with Gasteiger partial charge in [-0.25, -0.2) is 4.98 Å². The molecule has 0 spiro atoms. The third kappa shape index (κ3) is 3.42. The van der Waals surface area contributed by atoms with Crippen molar-refractivity contribution in [1.29, 1.82) is 0 Å². The first kappa shape index (κ1) is 17.2. The van der Waals surface area contributed by atoms with Gasteiger partial charge in [0.25, 0.3) is 5.91 Å². The summed E-state index contributed by atoms with van der Waals surface area (Å²) in [5, 5.41) is 0. The molecule has 25 heavy (non-hydrogen) atoms. The zero-order valence-electron chi connectivity index (χ0n) is 14.4. The Hall–Kier alpha value is -2.64. The Labute approximate surface area is 146 Å². The second-order valence-corrected chi connectivity index (χ2v) is 6.38. The van der Waals surface area contributed by atoms with Gasteiger partial charge in [-0.05, 0) is 19.1 Å². The number of anilines is 1. The van der Waals surface area contributed by atoms with Crippen LogP contribution in [0.1, 0.15) is 23.7 Å². The van der Waals surface area contributed by atoms with E-state index >= 15 is 0 Å². The fourth-order valence-electron chi connectivity index (χ4n) is 3.48. The molecule has 2 fully saturated rings. The molecule has 3 heterocycles. The van der Waals surface area contributed by atoms with Crippen LogP contribution < -0.4 is 10.6 Å². The van der Waals surface area contributed by atoms with Crippen LogP contribution >= 0.6 is 0 Å². The first-order valence-corrected chi connectivity index (χ1v) is 8.57. The van der Waals surface area contributed by atoms with Gasteiger partial charge in [0.05, 0.1) is 11.5 Å². The van der Waals surface area contributed by atoms with Crippen LogP contribution in [0.4, 0.5) is 5.82 Å². The van der Waals surface area contributed by atoms with E-state index in [9.17, 15) is 14.4 Å². The molecule has 0 aliphatic carbocycles. The van der Waals surface area contributed by atoms with E-state index in [-0.39, 0.29) is 17.7 Å². The lowest BCUT2D eigenvalue weighted by Gasteiger charge is -2.37. The molecule has 1 aromatic heterocycles. The van der Waals surface area contributed by atoms with Crippen LogP contribution in [0.2, 0.25) is 0 Å². The van der Waals surface area contributed by atoms with Gasteiger partial charge in [0.1, 0.15) is 5.82 Å². The highest BCUT2D eigenvalue weighted by atomic mass is 16.2. The quantitative estimate of drug-likeness (QED) is 0.807. The summed E-state index contributed by atoms with van der Waals surface area (Å²) in [7, 11) is 0. The highest BCUT2D eigenvalue weighted by molar-refractivity contribution is 5.97. The third-order valence-corrected chi connectivity index (χ3v) is 4.89. The summed E-state index contributed by atoms with van der Waals surface area (Å²) in [5.41, 5.74) is 5.80. The fraction of sp³-hybridized carbons (Fsp3) is 0.529. The minimum atomic E-state index is -0.509. The highest BCUT2D eigenvalue weighted by Gasteiger charge is 2.36. The monoisotopic (exact) mass is 345 g/mol. The molecule has 8 heteroatoms. The van der Waals surface area contributed by atoms with Crippen molar-refractivity contribution in [1.82, 2.24) is 14.8 Å². The molecule has 3 rings (SSSR count). The van der Waals surface area contributed by atoms with E-state index in [1.54, 1.807) is 28.1 Å². The SMILES string of the molecule is CCN1C[C@H](C(=O)N2CCN(c3ncccc3C(N)=O)CC2)CC1=O. The Morgan fingerprint density at radius 2 is 2.00 bits per heavy atom. The first-order valence-electron chi connectivity index (χ1n) is 8.57. The zero-order chi connectivity index (χ0) is 18.0. The fourth-order valence-corrected chi connectivity index (χ4v) is 3.48. The molecule has 0 bridgehead atoms. The van der Waals surface area contributed by atoms with E-state index in [2.05, 4.69) is 4.98 Å². The number of primary amides is 1. The predicted octanol–water partition coefficient (Wildman–Crippen LogP) is -0.302. The normalized spacial score (nSPS) is 20.9. The lowest BCUT2D eigenvalue weighted by atomic mass is 10.1. The second-order valence-electron chi connectivity index (χ2n) is 6.38. The number of rotatable bonds is 4. The average Bonchev–Trinajstić information content (AvgIpc) is 3.02. The maximum atomic E-state index is 12.7. The molecule has 2 aliphatic heterocycles. The van der Waals surface area contributed by atoms with E-state index in [1.165, 1.54) is 0 Å². The lowest BCUT2D eigenvalue weighted by Crippen LogP contribution is -2.51. The molecule has 1 atom stereocenters. The zero-order valence-corrected chi connectivity index (χ0v) is 14.4. The summed E-state index contributed by atoms with van der Waals surface area (Å²) in [6.07, 6.45) is 1.93. The Morgan fingerprint density at radius 3 is 2.60 bits per heavy atom. The first-order chi connectivity index (χ1) is 12.0. The number of hydrogen-bond donors (Lipinski definition) is 1. The molecule has 1 aromatic rings. The number of hydrogen-bond acceptors (Lipinski definition) is 5. The summed E-state index contributed by atoms with van der Waals surface area (Å²) in [6, 6.07) is 3.34. The summed E-state index contributed by atoms with van der Waals surface area (Å²) < 4.78 is 0. The van der Waals surface area contributed by atoms with Crippen molar-refractivity contribution < 1.29 is 14.4 Å². The standard InChI is InChI=1S/C17H23N5O3/c1-2-20-11-12(10-14(20)23)17(25)22-8-6-21(7-9-22)16-13(15(18)24)4-3-5-19-16/h3-5,12H,2,6-11H2,1H3,(H2,18,24)/t12-/m1/s1. The molecule has 2 aliphatic rings. The van der Waals surface area contributed by atoms with E-state index in [4.69, 9.17) is 5.73 Å². The van der Waals surface area contributed by atoms with Crippen molar-refractivity contribution in [2.24, 2.45) is 11.7 Å². The van der Waals surface area contributed by atoms with E-state index in [0.717, 1.165) is 0 Å². The Morgan fingerprint density at radius 1 is 1.28 bits per heavy atom. The molecule has 3 amide bonds. The predicted molar refractivity (Wildman–Crippen MR) is 91.9 cm³/mol. The van der Waals surface area contributed by atoms with Gasteiger partial charge in [-0.15, -0.1) is 0 Å². The lowest BCUT2D eigenvalue weighted by molar-refractivity contribution is -0.136. The van der Waals surface area contributed by atoms with Crippen molar-refractivity contribution in [2.45, 2.75) is 13.3 Å². The Kier molecular flexibility index (Phi) is 4.87. The van der Waals surface area contributed by atoms with Crippen molar-refractivity contribution in [3.8, 4) is 0 Å². The van der Waals surface area contributed by atoms with E-state index in [0.29, 0.717) is 57.1 Å². The minimum absolute atomic E-state index is 0.0418. The molecule has 0 radical (unpaired) electrons. The number of piperazine rings is 1. The van der Waals surface area contributed by atoms with Crippen LogP contribution in [-0.2, 0) is 9.59 Å². The maximum Gasteiger partial charge on any atom is 0.252 e. The Bertz CT molecular complexity index is 685. The van der Waals surface area contributed by atoms with Gasteiger partial charge >= 0.3 is 0 Å². The van der Waals surface area contributed by atoms with Crippen LogP contribution in [0.25, 0.3) is 0 Å². The molecule has 0 aromatic carbocycles. The minimum Gasteiger partial charge on any atom is -0.365 e. The van der Waals surface area contributed by atoms with Crippen molar-refractivity contribution in [2.75, 3.05) is 44.2 Å². The number of aromatic nitrogens is 1. The van der Waals surface area contributed by atoms with Gasteiger partial charge < -0.3 is 20.4 Å². The maximum absolute atomic E-state index is 12.7. The van der Waals surface area contributed by atoms with Crippen molar-refractivity contribution >= 4 is 23.5 Å². The van der Waals surface area contributed by atoms with E-state index in [1.807, 2.05) is 11.8 Å². The molecule has 0 saturated carbocycles. The molecular weight excluding hydrogens is 322 g/mol. The number of amides is 3. The topological polar surface area (TPSA) is 99.8 Å². The number of nitrogens with zero attached hydrogens (tertiary/aromatic N) is 4. The summed E-state index contributed by atoms with van der Waals surface area (Å²) in [6.45, 7) is 5.34. The van der Waals surface area contributed by atoms with Gasteiger partial charge in [0.15, 0.2) is 0 Å². The van der Waals surface area contributed by atoms with Crippen LogP contribution in [0, 0.1) is 5.92 Å². The average molecular weight is 345 g/mol. The molecule has 8 nitrogen and oxygen atoms in total. The van der Waals surface area contributed by atoms with Crippen LogP contribution in [0.3, 0.4) is 0 Å². The van der Waals surface area contributed by atoms with Gasteiger partial charge in [0, 0.05) is 51.9 Å². The smallest absolute Gasteiger partial charge is 0.252 e. The number of carbonyl (C=O) groups is 3. The largest absolute Gasteiger partial charge is 0.365 e. The highest BCUT2D eigenvalue weighted by Crippen LogP contribution is 2.22. The third-order valence-electron chi connectivity index (χ3n) is 4.89. The van der Waals surface area contributed by atoms with Gasteiger partial charge in [-0.1, -0.05) is 0 Å². The number of likely N-dealkylation sites (tertiary alicyclic amines) is 1. The van der Waals surface area contributed by atoms with Gasteiger partial charge in [0.2, 0.25) is 11.8 Å². The number of nitrogens with two attached hydrogens (primary N) is 1. The van der Waals surface area contributed by atoms with Crippen LogP contribution in [0.5, 0.6) is 0 Å². The molecule has 2 N–H and O–H groups in total. The molecular formula is C17H23N5O3. The summed E-state index contributed by atoms with van der Waals surface area (Å²) >= 11 is 0. The second kappa shape index (κ2) is 7.08. The van der Waals surface area contributed by atoms with E-state index < -0.39 is 5.91 Å². The number of pyridine rings is 1. The molecule has 0 unspecified atom stereocenters. The number of carbonyl (C=O) groups excluding carboxylic acids is 3.